The van der Waals surface area contributed by atoms with Crippen LogP contribution in [0.2, 0.25) is 5.02 Å². The summed E-state index contributed by atoms with van der Waals surface area (Å²) in [6, 6.07) is 5.24. The van der Waals surface area contributed by atoms with Crippen LogP contribution in [-0.4, -0.2) is 19.2 Å². The van der Waals surface area contributed by atoms with Crippen LogP contribution in [0.3, 0.4) is 0 Å². The maximum absolute atomic E-state index is 13.4. The number of para-hydroxylation sites is 1. The zero-order valence-corrected chi connectivity index (χ0v) is 11.2. The van der Waals surface area contributed by atoms with Crippen LogP contribution < -0.4 is 10.1 Å². The van der Waals surface area contributed by atoms with E-state index in [9.17, 15) is 4.39 Å². The first-order chi connectivity index (χ1) is 8.77. The monoisotopic (exact) mass is 271 g/mol. The van der Waals surface area contributed by atoms with Gasteiger partial charge in [0.2, 0.25) is 0 Å². The minimum atomic E-state index is -0.397. The molecule has 4 heteroatoms. The number of halogens is 2. The van der Waals surface area contributed by atoms with Crippen molar-refractivity contribution in [1.82, 2.24) is 5.32 Å². The third-order valence-corrected chi connectivity index (χ3v) is 3.57. The van der Waals surface area contributed by atoms with E-state index in [0.29, 0.717) is 17.7 Å². The molecule has 0 aromatic heterocycles. The second-order valence-electron chi connectivity index (χ2n) is 4.69. The second kappa shape index (κ2) is 6.95. The van der Waals surface area contributed by atoms with Crippen LogP contribution in [0.15, 0.2) is 18.2 Å². The number of rotatable bonds is 6. The van der Waals surface area contributed by atoms with Gasteiger partial charge >= 0.3 is 0 Å². The highest BCUT2D eigenvalue weighted by Crippen LogP contribution is 2.27. The zero-order chi connectivity index (χ0) is 12.8. The summed E-state index contributed by atoms with van der Waals surface area (Å²) in [5, 5.41) is 3.82. The van der Waals surface area contributed by atoms with Crippen LogP contribution in [0, 0.1) is 5.82 Å². The second-order valence-corrected chi connectivity index (χ2v) is 5.10. The lowest BCUT2D eigenvalue weighted by Crippen LogP contribution is -2.27. The fourth-order valence-corrected chi connectivity index (χ4v) is 2.52. The highest BCUT2D eigenvalue weighted by Gasteiger charge is 2.13. The van der Waals surface area contributed by atoms with E-state index in [4.69, 9.17) is 16.3 Å². The minimum Gasteiger partial charge on any atom is -0.489 e. The Hall–Kier alpha value is -0.800. The zero-order valence-electron chi connectivity index (χ0n) is 10.4. The summed E-state index contributed by atoms with van der Waals surface area (Å²) in [5.74, 6) is -0.230. The average Bonchev–Trinajstić information content (AvgIpc) is 2.85. The number of hydrogen-bond donors (Lipinski definition) is 1. The molecule has 0 atom stereocenters. The van der Waals surface area contributed by atoms with Crippen molar-refractivity contribution in [3.05, 3.63) is 29.0 Å². The Kier molecular flexibility index (Phi) is 5.26. The molecular weight excluding hydrogens is 253 g/mol. The van der Waals surface area contributed by atoms with E-state index < -0.39 is 5.82 Å². The maximum atomic E-state index is 13.4. The smallest absolute Gasteiger partial charge is 0.173 e. The molecule has 0 amide bonds. The highest BCUT2D eigenvalue weighted by molar-refractivity contribution is 6.32. The van der Waals surface area contributed by atoms with E-state index >= 15 is 0 Å². The highest BCUT2D eigenvalue weighted by atomic mass is 35.5. The van der Waals surface area contributed by atoms with Crippen molar-refractivity contribution < 1.29 is 9.13 Å². The van der Waals surface area contributed by atoms with Crippen LogP contribution in [0.1, 0.15) is 32.1 Å². The molecule has 2 nitrogen and oxygen atoms in total. The van der Waals surface area contributed by atoms with Gasteiger partial charge in [-0.15, -0.1) is 0 Å². The molecule has 1 aliphatic carbocycles. The van der Waals surface area contributed by atoms with Gasteiger partial charge in [-0.05, 0) is 37.9 Å². The molecule has 0 radical (unpaired) electrons. The van der Waals surface area contributed by atoms with Crippen LogP contribution in [-0.2, 0) is 0 Å². The van der Waals surface area contributed by atoms with E-state index in [0.717, 1.165) is 13.0 Å². The first-order valence-electron chi connectivity index (χ1n) is 6.57. The van der Waals surface area contributed by atoms with Crippen molar-refractivity contribution in [2.24, 2.45) is 0 Å². The first-order valence-corrected chi connectivity index (χ1v) is 6.95. The molecule has 2 rings (SSSR count). The van der Waals surface area contributed by atoms with Crippen molar-refractivity contribution in [3.63, 3.8) is 0 Å². The molecular formula is C14H19ClFNO. The summed E-state index contributed by atoms with van der Waals surface area (Å²) < 4.78 is 18.8. The summed E-state index contributed by atoms with van der Waals surface area (Å²) >= 11 is 5.87. The van der Waals surface area contributed by atoms with Gasteiger partial charge in [0.1, 0.15) is 0 Å². The van der Waals surface area contributed by atoms with Gasteiger partial charge in [0.25, 0.3) is 0 Å². The molecule has 0 aliphatic heterocycles. The fraction of sp³-hybridized carbons (Fsp3) is 0.571. The Bertz CT molecular complexity index is 360. The van der Waals surface area contributed by atoms with Gasteiger partial charge < -0.3 is 10.1 Å². The van der Waals surface area contributed by atoms with E-state index in [-0.39, 0.29) is 5.75 Å². The number of nitrogens with one attached hydrogen (secondary N) is 1. The molecule has 0 heterocycles. The Morgan fingerprint density at radius 2 is 2.11 bits per heavy atom. The standard InChI is InChI=1S/C14H19ClFNO/c15-12-7-3-8-13(16)14(12)18-10-4-9-17-11-5-1-2-6-11/h3,7-8,11,17H,1-2,4-6,9-10H2. The predicted octanol–water partition coefficient (Wildman–Crippen LogP) is 3.78. The van der Waals surface area contributed by atoms with Gasteiger partial charge in [0.15, 0.2) is 11.6 Å². The fourth-order valence-electron chi connectivity index (χ4n) is 2.30. The van der Waals surface area contributed by atoms with Crippen molar-refractivity contribution >= 4 is 11.6 Å². The van der Waals surface area contributed by atoms with Crippen LogP contribution in [0.5, 0.6) is 5.75 Å². The van der Waals surface area contributed by atoms with E-state index in [2.05, 4.69) is 5.32 Å². The molecule has 1 aliphatic rings. The Morgan fingerprint density at radius 3 is 2.83 bits per heavy atom. The molecule has 0 bridgehead atoms. The molecule has 0 saturated heterocycles. The van der Waals surface area contributed by atoms with Crippen LogP contribution >= 0.6 is 11.6 Å². The Balaban J connectivity index is 1.65. The van der Waals surface area contributed by atoms with Crippen molar-refractivity contribution in [3.8, 4) is 5.75 Å². The number of benzene rings is 1. The summed E-state index contributed by atoms with van der Waals surface area (Å²) in [5.41, 5.74) is 0. The molecule has 100 valence electrons. The van der Waals surface area contributed by atoms with E-state index in [1.807, 2.05) is 0 Å². The Morgan fingerprint density at radius 1 is 1.33 bits per heavy atom. The lowest BCUT2D eigenvalue weighted by molar-refractivity contribution is 0.291. The average molecular weight is 272 g/mol. The van der Waals surface area contributed by atoms with Gasteiger partial charge in [-0.25, -0.2) is 4.39 Å². The van der Waals surface area contributed by atoms with Crippen molar-refractivity contribution in [2.75, 3.05) is 13.2 Å². The van der Waals surface area contributed by atoms with E-state index in [1.54, 1.807) is 12.1 Å². The van der Waals surface area contributed by atoms with E-state index in [1.165, 1.54) is 31.7 Å². The molecule has 1 aromatic rings. The van der Waals surface area contributed by atoms with Gasteiger partial charge in [-0.3, -0.25) is 0 Å². The molecule has 1 N–H and O–H groups in total. The molecule has 1 aromatic carbocycles. The molecule has 18 heavy (non-hydrogen) atoms. The summed E-state index contributed by atoms with van der Waals surface area (Å²) in [4.78, 5) is 0. The lowest BCUT2D eigenvalue weighted by atomic mass is 10.2. The topological polar surface area (TPSA) is 21.3 Å². The molecule has 1 saturated carbocycles. The minimum absolute atomic E-state index is 0.167. The molecule has 1 fully saturated rings. The quantitative estimate of drug-likeness (QED) is 0.795. The largest absolute Gasteiger partial charge is 0.489 e. The number of ether oxygens (including phenoxy) is 1. The predicted molar refractivity (Wildman–Crippen MR) is 71.8 cm³/mol. The maximum Gasteiger partial charge on any atom is 0.173 e. The summed E-state index contributed by atoms with van der Waals surface area (Å²) in [6.07, 6.45) is 6.08. The summed E-state index contributed by atoms with van der Waals surface area (Å²) in [6.45, 7) is 1.40. The summed E-state index contributed by atoms with van der Waals surface area (Å²) in [7, 11) is 0. The third kappa shape index (κ3) is 3.85. The lowest BCUT2D eigenvalue weighted by Gasteiger charge is -2.12. The molecule has 0 unspecified atom stereocenters. The Labute approximate surface area is 112 Å². The number of hydrogen-bond acceptors (Lipinski definition) is 2. The van der Waals surface area contributed by atoms with Gasteiger partial charge in [-0.1, -0.05) is 30.5 Å². The third-order valence-electron chi connectivity index (χ3n) is 3.27. The van der Waals surface area contributed by atoms with Crippen molar-refractivity contribution in [2.45, 2.75) is 38.1 Å². The van der Waals surface area contributed by atoms with Gasteiger partial charge in [0, 0.05) is 6.04 Å². The van der Waals surface area contributed by atoms with Crippen molar-refractivity contribution in [1.29, 1.82) is 0 Å². The van der Waals surface area contributed by atoms with Crippen LogP contribution in [0.4, 0.5) is 4.39 Å². The van der Waals surface area contributed by atoms with Gasteiger partial charge in [-0.2, -0.15) is 0 Å². The SMILES string of the molecule is Fc1cccc(Cl)c1OCCCNC1CCCC1. The van der Waals surface area contributed by atoms with Gasteiger partial charge in [0.05, 0.1) is 11.6 Å². The first kappa shape index (κ1) is 13.6. The normalized spacial score (nSPS) is 16.1. The molecule has 0 spiro atoms. The van der Waals surface area contributed by atoms with Crippen LogP contribution in [0.25, 0.3) is 0 Å².